The number of hydrogen-bond donors (Lipinski definition) is 2. The van der Waals surface area contributed by atoms with Crippen molar-refractivity contribution in [3.05, 3.63) is 33.8 Å². The summed E-state index contributed by atoms with van der Waals surface area (Å²) in [5, 5.41) is 12.5. The number of hydrogen-bond acceptors (Lipinski definition) is 3. The molecule has 1 aromatic carbocycles. The van der Waals surface area contributed by atoms with Gasteiger partial charge in [0.25, 0.3) is 0 Å². The summed E-state index contributed by atoms with van der Waals surface area (Å²) in [6, 6.07) is 4.63. The van der Waals surface area contributed by atoms with Crippen molar-refractivity contribution in [2.75, 3.05) is 20.3 Å². The summed E-state index contributed by atoms with van der Waals surface area (Å²) in [5.74, 6) is -0.204. The number of halogens is 2. The lowest BCUT2D eigenvalue weighted by Crippen LogP contribution is -2.41. The molecule has 0 fully saturated rings. The molecule has 1 atom stereocenters. The molecular formula is C12H15Cl2NO3. The molecule has 2 N–H and O–H groups in total. The molecule has 0 saturated carbocycles. The highest BCUT2D eigenvalue weighted by Crippen LogP contribution is 2.22. The van der Waals surface area contributed by atoms with Crippen LogP contribution in [0.3, 0.4) is 0 Å². The van der Waals surface area contributed by atoms with Gasteiger partial charge in [-0.2, -0.15) is 0 Å². The third-order valence-electron chi connectivity index (χ3n) is 2.30. The molecule has 0 aliphatic carbocycles. The smallest absolute Gasteiger partial charge is 0.224 e. The summed E-state index contributed by atoms with van der Waals surface area (Å²) >= 11 is 11.6. The van der Waals surface area contributed by atoms with E-state index in [0.29, 0.717) is 10.0 Å². The lowest BCUT2D eigenvalue weighted by atomic mass is 10.1. The Morgan fingerprint density at radius 2 is 2.17 bits per heavy atom. The average Bonchev–Trinajstić information content (AvgIpc) is 2.33. The van der Waals surface area contributed by atoms with Gasteiger partial charge in [0.15, 0.2) is 0 Å². The second kappa shape index (κ2) is 7.59. The van der Waals surface area contributed by atoms with Crippen LogP contribution in [-0.2, 0) is 16.0 Å². The highest BCUT2D eigenvalue weighted by molar-refractivity contribution is 6.42. The Balaban J connectivity index is 2.55. The van der Waals surface area contributed by atoms with Gasteiger partial charge in [0, 0.05) is 7.11 Å². The molecule has 0 saturated heterocycles. The molecule has 1 unspecified atom stereocenters. The zero-order valence-corrected chi connectivity index (χ0v) is 11.5. The van der Waals surface area contributed by atoms with Gasteiger partial charge < -0.3 is 15.2 Å². The van der Waals surface area contributed by atoms with Crippen molar-refractivity contribution < 1.29 is 14.6 Å². The molecule has 0 bridgehead atoms. The number of rotatable bonds is 6. The quantitative estimate of drug-likeness (QED) is 0.838. The number of carbonyl (C=O) groups excluding carboxylic acids is 1. The molecule has 4 nitrogen and oxygen atoms in total. The molecular weight excluding hydrogens is 277 g/mol. The first-order chi connectivity index (χ1) is 8.56. The molecule has 1 amide bonds. The van der Waals surface area contributed by atoms with Crippen LogP contribution in [0.1, 0.15) is 5.56 Å². The van der Waals surface area contributed by atoms with Crippen molar-refractivity contribution in [1.82, 2.24) is 5.32 Å². The average molecular weight is 292 g/mol. The van der Waals surface area contributed by atoms with Crippen molar-refractivity contribution in [3.8, 4) is 0 Å². The van der Waals surface area contributed by atoms with Crippen LogP contribution in [-0.4, -0.2) is 37.4 Å². The van der Waals surface area contributed by atoms with Gasteiger partial charge in [0.1, 0.15) is 0 Å². The highest BCUT2D eigenvalue weighted by Gasteiger charge is 2.12. The Bertz CT molecular complexity index is 412. The van der Waals surface area contributed by atoms with Gasteiger partial charge in [-0.25, -0.2) is 0 Å². The minimum Gasteiger partial charge on any atom is -0.394 e. The van der Waals surface area contributed by atoms with E-state index in [0.717, 1.165) is 5.56 Å². The molecule has 1 rings (SSSR count). The van der Waals surface area contributed by atoms with Crippen LogP contribution in [0.25, 0.3) is 0 Å². The van der Waals surface area contributed by atoms with Gasteiger partial charge >= 0.3 is 0 Å². The zero-order chi connectivity index (χ0) is 13.5. The van der Waals surface area contributed by atoms with Crippen molar-refractivity contribution in [2.24, 2.45) is 0 Å². The zero-order valence-electron chi connectivity index (χ0n) is 9.95. The molecule has 0 spiro atoms. The number of aliphatic hydroxyl groups is 1. The van der Waals surface area contributed by atoms with Gasteiger partial charge in [0.05, 0.1) is 35.7 Å². The van der Waals surface area contributed by atoms with E-state index in [2.05, 4.69) is 5.32 Å². The topological polar surface area (TPSA) is 58.6 Å². The first-order valence-corrected chi connectivity index (χ1v) is 6.15. The van der Waals surface area contributed by atoms with E-state index in [4.69, 9.17) is 33.0 Å². The van der Waals surface area contributed by atoms with Crippen LogP contribution in [0, 0.1) is 0 Å². The molecule has 1 aromatic rings. The number of aliphatic hydroxyl groups excluding tert-OH is 1. The van der Waals surface area contributed by atoms with Crippen LogP contribution in [0.2, 0.25) is 10.0 Å². The Kier molecular flexibility index (Phi) is 6.43. The summed E-state index contributed by atoms with van der Waals surface area (Å²) in [7, 11) is 1.51. The summed E-state index contributed by atoms with van der Waals surface area (Å²) in [4.78, 5) is 11.7. The van der Waals surface area contributed by atoms with Gasteiger partial charge in [-0.05, 0) is 17.7 Å². The fourth-order valence-corrected chi connectivity index (χ4v) is 1.78. The maximum Gasteiger partial charge on any atom is 0.224 e. The van der Waals surface area contributed by atoms with E-state index in [1.54, 1.807) is 18.2 Å². The standard InChI is InChI=1S/C12H15Cl2NO3/c1-18-7-9(6-16)15-12(17)5-8-2-3-10(13)11(14)4-8/h2-4,9,16H,5-7H2,1H3,(H,15,17). The molecule has 100 valence electrons. The number of ether oxygens (including phenoxy) is 1. The number of nitrogens with one attached hydrogen (secondary N) is 1. The SMILES string of the molecule is COCC(CO)NC(=O)Cc1ccc(Cl)c(Cl)c1. The Hall–Kier alpha value is -0.810. The van der Waals surface area contributed by atoms with E-state index >= 15 is 0 Å². The monoisotopic (exact) mass is 291 g/mol. The summed E-state index contributed by atoms with van der Waals surface area (Å²) in [5.41, 5.74) is 0.760. The molecule has 18 heavy (non-hydrogen) atoms. The third kappa shape index (κ3) is 4.82. The molecule has 6 heteroatoms. The maximum absolute atomic E-state index is 11.7. The lowest BCUT2D eigenvalue weighted by molar-refractivity contribution is -0.121. The number of amides is 1. The maximum atomic E-state index is 11.7. The molecule has 0 aliphatic heterocycles. The lowest BCUT2D eigenvalue weighted by Gasteiger charge is -2.15. The first-order valence-electron chi connectivity index (χ1n) is 5.40. The molecule has 0 aliphatic rings. The van der Waals surface area contributed by atoms with Crippen LogP contribution in [0.4, 0.5) is 0 Å². The summed E-state index contributed by atoms with van der Waals surface area (Å²) in [6.45, 7) is 0.102. The summed E-state index contributed by atoms with van der Waals surface area (Å²) in [6.07, 6.45) is 0.178. The second-order valence-corrected chi connectivity index (χ2v) is 4.64. The van der Waals surface area contributed by atoms with E-state index in [1.807, 2.05) is 0 Å². The number of benzene rings is 1. The van der Waals surface area contributed by atoms with E-state index < -0.39 is 6.04 Å². The first kappa shape index (κ1) is 15.2. The van der Waals surface area contributed by atoms with Crippen LogP contribution in [0.5, 0.6) is 0 Å². The van der Waals surface area contributed by atoms with Crippen molar-refractivity contribution >= 4 is 29.1 Å². The molecule has 0 aromatic heterocycles. The summed E-state index contributed by atoms with van der Waals surface area (Å²) < 4.78 is 4.87. The van der Waals surface area contributed by atoms with Gasteiger partial charge in [-0.3, -0.25) is 4.79 Å². The van der Waals surface area contributed by atoms with Crippen LogP contribution >= 0.6 is 23.2 Å². The van der Waals surface area contributed by atoms with Crippen LogP contribution < -0.4 is 5.32 Å². The van der Waals surface area contributed by atoms with Crippen molar-refractivity contribution in [2.45, 2.75) is 12.5 Å². The Labute approximate surface area is 116 Å². The number of carbonyl (C=O) groups is 1. The Morgan fingerprint density at radius 3 is 2.72 bits per heavy atom. The second-order valence-electron chi connectivity index (χ2n) is 3.83. The minimum absolute atomic E-state index is 0.166. The predicted molar refractivity (Wildman–Crippen MR) is 71.1 cm³/mol. The number of methoxy groups -OCH3 is 1. The third-order valence-corrected chi connectivity index (χ3v) is 3.04. The van der Waals surface area contributed by atoms with Crippen molar-refractivity contribution in [3.63, 3.8) is 0 Å². The van der Waals surface area contributed by atoms with E-state index in [-0.39, 0.29) is 25.5 Å². The predicted octanol–water partition coefficient (Wildman–Crippen LogP) is 1.66. The Morgan fingerprint density at radius 1 is 1.44 bits per heavy atom. The van der Waals surface area contributed by atoms with E-state index in [1.165, 1.54) is 7.11 Å². The van der Waals surface area contributed by atoms with Gasteiger partial charge in [-0.1, -0.05) is 29.3 Å². The largest absolute Gasteiger partial charge is 0.394 e. The van der Waals surface area contributed by atoms with E-state index in [9.17, 15) is 4.79 Å². The molecule has 0 heterocycles. The van der Waals surface area contributed by atoms with Gasteiger partial charge in [-0.15, -0.1) is 0 Å². The highest BCUT2D eigenvalue weighted by atomic mass is 35.5. The molecule has 0 radical (unpaired) electrons. The van der Waals surface area contributed by atoms with Gasteiger partial charge in [0.2, 0.25) is 5.91 Å². The normalized spacial score (nSPS) is 12.2. The fraction of sp³-hybridized carbons (Fsp3) is 0.417. The fourth-order valence-electron chi connectivity index (χ4n) is 1.45. The van der Waals surface area contributed by atoms with Crippen molar-refractivity contribution in [1.29, 1.82) is 0 Å². The minimum atomic E-state index is -0.398. The van der Waals surface area contributed by atoms with Crippen LogP contribution in [0.15, 0.2) is 18.2 Å².